The standard InChI is InChI=1S/C13H13NO4/c1-9-7-16-13(17-8-9)12(15)18-11-4-2-10(6-14)3-5-11/h2-5,9,13H,7-8H2,1H3. The highest BCUT2D eigenvalue weighted by Gasteiger charge is 2.27. The highest BCUT2D eigenvalue weighted by atomic mass is 16.7. The molecule has 1 fully saturated rings. The molecule has 0 amide bonds. The van der Waals surface area contributed by atoms with Crippen molar-refractivity contribution in [2.45, 2.75) is 13.2 Å². The molecule has 0 atom stereocenters. The number of benzene rings is 1. The summed E-state index contributed by atoms with van der Waals surface area (Å²) in [6.07, 6.45) is -0.961. The Morgan fingerprint density at radius 1 is 1.33 bits per heavy atom. The molecule has 0 bridgehead atoms. The number of carbonyl (C=O) groups excluding carboxylic acids is 1. The predicted molar refractivity (Wildman–Crippen MR) is 61.6 cm³/mol. The fourth-order valence-corrected chi connectivity index (χ4v) is 1.50. The first-order valence-electron chi connectivity index (χ1n) is 5.64. The van der Waals surface area contributed by atoms with Gasteiger partial charge in [0.2, 0.25) is 0 Å². The van der Waals surface area contributed by atoms with Crippen LogP contribution in [0.15, 0.2) is 24.3 Å². The zero-order valence-electron chi connectivity index (χ0n) is 9.96. The van der Waals surface area contributed by atoms with Gasteiger partial charge in [-0.2, -0.15) is 5.26 Å². The minimum atomic E-state index is -0.961. The Morgan fingerprint density at radius 3 is 2.50 bits per heavy atom. The van der Waals surface area contributed by atoms with Crippen LogP contribution in [0.4, 0.5) is 0 Å². The number of rotatable bonds is 2. The van der Waals surface area contributed by atoms with Crippen LogP contribution in [-0.4, -0.2) is 25.5 Å². The number of nitriles is 1. The summed E-state index contributed by atoms with van der Waals surface area (Å²) < 4.78 is 15.5. The van der Waals surface area contributed by atoms with E-state index in [0.29, 0.717) is 24.5 Å². The zero-order valence-corrected chi connectivity index (χ0v) is 9.96. The molecular weight excluding hydrogens is 234 g/mol. The Labute approximate surface area is 105 Å². The summed E-state index contributed by atoms with van der Waals surface area (Å²) in [5.74, 6) is 0.0698. The summed E-state index contributed by atoms with van der Waals surface area (Å²) in [6, 6.07) is 8.25. The lowest BCUT2D eigenvalue weighted by molar-refractivity contribution is -0.213. The maximum atomic E-state index is 11.7. The van der Waals surface area contributed by atoms with Crippen LogP contribution in [-0.2, 0) is 14.3 Å². The molecule has 5 nitrogen and oxygen atoms in total. The Balaban J connectivity index is 1.92. The average molecular weight is 247 g/mol. The highest BCUT2D eigenvalue weighted by molar-refractivity contribution is 5.76. The van der Waals surface area contributed by atoms with E-state index in [1.165, 1.54) is 0 Å². The van der Waals surface area contributed by atoms with E-state index in [0.717, 1.165) is 0 Å². The van der Waals surface area contributed by atoms with Gasteiger partial charge < -0.3 is 14.2 Å². The van der Waals surface area contributed by atoms with Gasteiger partial charge in [0.15, 0.2) is 0 Å². The van der Waals surface area contributed by atoms with Crippen LogP contribution in [0.2, 0.25) is 0 Å². The molecule has 1 saturated heterocycles. The molecule has 1 aliphatic rings. The Morgan fingerprint density at radius 2 is 1.94 bits per heavy atom. The summed E-state index contributed by atoms with van der Waals surface area (Å²) in [6.45, 7) is 2.93. The van der Waals surface area contributed by atoms with Crippen LogP contribution in [0.5, 0.6) is 5.75 Å². The average Bonchev–Trinajstić information content (AvgIpc) is 2.40. The topological polar surface area (TPSA) is 68.5 Å². The highest BCUT2D eigenvalue weighted by Crippen LogP contribution is 2.16. The summed E-state index contributed by atoms with van der Waals surface area (Å²) in [7, 11) is 0. The molecule has 0 spiro atoms. The van der Waals surface area contributed by atoms with Crippen molar-refractivity contribution in [3.63, 3.8) is 0 Å². The van der Waals surface area contributed by atoms with E-state index in [1.807, 2.05) is 13.0 Å². The molecular formula is C13H13NO4. The second kappa shape index (κ2) is 5.63. The van der Waals surface area contributed by atoms with Crippen molar-refractivity contribution in [1.82, 2.24) is 0 Å². The zero-order chi connectivity index (χ0) is 13.0. The van der Waals surface area contributed by atoms with Gasteiger partial charge in [-0.3, -0.25) is 0 Å². The van der Waals surface area contributed by atoms with Crippen molar-refractivity contribution < 1.29 is 19.0 Å². The van der Waals surface area contributed by atoms with E-state index in [4.69, 9.17) is 19.5 Å². The molecule has 2 rings (SSSR count). The number of hydrogen-bond acceptors (Lipinski definition) is 5. The molecule has 0 saturated carbocycles. The van der Waals surface area contributed by atoms with Crippen molar-refractivity contribution in [3.8, 4) is 11.8 Å². The van der Waals surface area contributed by atoms with E-state index in [-0.39, 0.29) is 5.92 Å². The molecule has 1 aromatic carbocycles. The van der Waals surface area contributed by atoms with Crippen LogP contribution in [0.3, 0.4) is 0 Å². The van der Waals surface area contributed by atoms with Crippen LogP contribution in [0.1, 0.15) is 12.5 Å². The number of carbonyl (C=O) groups is 1. The van der Waals surface area contributed by atoms with Gasteiger partial charge in [0.1, 0.15) is 5.75 Å². The Hall–Kier alpha value is -1.90. The fraction of sp³-hybridized carbons (Fsp3) is 0.385. The second-order valence-electron chi connectivity index (χ2n) is 4.16. The van der Waals surface area contributed by atoms with Gasteiger partial charge in [0, 0.05) is 5.92 Å². The second-order valence-corrected chi connectivity index (χ2v) is 4.16. The third kappa shape index (κ3) is 3.06. The summed E-state index contributed by atoms with van der Waals surface area (Å²) in [5, 5.41) is 8.64. The summed E-state index contributed by atoms with van der Waals surface area (Å²) in [4.78, 5) is 11.7. The molecule has 1 heterocycles. The van der Waals surface area contributed by atoms with E-state index in [1.54, 1.807) is 24.3 Å². The summed E-state index contributed by atoms with van der Waals surface area (Å²) in [5.41, 5.74) is 0.508. The van der Waals surface area contributed by atoms with Crippen molar-refractivity contribution >= 4 is 5.97 Å². The maximum Gasteiger partial charge on any atom is 0.368 e. The lowest BCUT2D eigenvalue weighted by atomic mass is 10.2. The van der Waals surface area contributed by atoms with E-state index >= 15 is 0 Å². The third-order valence-corrected chi connectivity index (χ3v) is 2.46. The number of nitrogens with zero attached hydrogens (tertiary/aromatic N) is 1. The van der Waals surface area contributed by atoms with Crippen molar-refractivity contribution in [2.75, 3.05) is 13.2 Å². The predicted octanol–water partition coefficient (Wildman–Crippen LogP) is 1.47. The van der Waals surface area contributed by atoms with Gasteiger partial charge >= 0.3 is 5.97 Å². The molecule has 1 aromatic rings. The third-order valence-electron chi connectivity index (χ3n) is 2.46. The minimum absolute atomic E-state index is 0.281. The molecule has 0 aliphatic carbocycles. The van der Waals surface area contributed by atoms with E-state index in [9.17, 15) is 4.79 Å². The first-order valence-corrected chi connectivity index (χ1v) is 5.64. The maximum absolute atomic E-state index is 11.7. The molecule has 0 radical (unpaired) electrons. The quantitative estimate of drug-likeness (QED) is 0.584. The van der Waals surface area contributed by atoms with Crippen LogP contribution >= 0.6 is 0 Å². The Kier molecular flexibility index (Phi) is 3.92. The molecule has 0 aromatic heterocycles. The molecule has 1 aliphatic heterocycles. The first-order chi connectivity index (χ1) is 8.69. The Bertz CT molecular complexity index is 455. The summed E-state index contributed by atoms with van der Waals surface area (Å²) >= 11 is 0. The van der Waals surface area contributed by atoms with Gasteiger partial charge in [0.25, 0.3) is 6.29 Å². The van der Waals surface area contributed by atoms with Crippen LogP contribution in [0.25, 0.3) is 0 Å². The van der Waals surface area contributed by atoms with Gasteiger partial charge in [0.05, 0.1) is 24.8 Å². The number of ether oxygens (including phenoxy) is 3. The van der Waals surface area contributed by atoms with Gasteiger partial charge in [-0.15, -0.1) is 0 Å². The van der Waals surface area contributed by atoms with Crippen molar-refractivity contribution in [2.24, 2.45) is 5.92 Å². The fourth-order valence-electron chi connectivity index (χ4n) is 1.50. The monoisotopic (exact) mass is 247 g/mol. The van der Waals surface area contributed by atoms with Crippen LogP contribution < -0.4 is 4.74 Å². The molecule has 0 unspecified atom stereocenters. The molecule has 0 N–H and O–H groups in total. The van der Waals surface area contributed by atoms with Gasteiger partial charge in [-0.05, 0) is 24.3 Å². The number of esters is 1. The molecule has 94 valence electrons. The van der Waals surface area contributed by atoms with Crippen molar-refractivity contribution in [3.05, 3.63) is 29.8 Å². The number of hydrogen-bond donors (Lipinski definition) is 0. The lowest BCUT2D eigenvalue weighted by Gasteiger charge is -2.25. The largest absolute Gasteiger partial charge is 0.423 e. The minimum Gasteiger partial charge on any atom is -0.423 e. The van der Waals surface area contributed by atoms with Crippen LogP contribution in [0, 0.1) is 17.2 Å². The smallest absolute Gasteiger partial charge is 0.368 e. The van der Waals surface area contributed by atoms with Gasteiger partial charge in [-0.25, -0.2) is 4.79 Å². The van der Waals surface area contributed by atoms with E-state index in [2.05, 4.69) is 0 Å². The normalized spacial score (nSPS) is 23.1. The van der Waals surface area contributed by atoms with Gasteiger partial charge in [-0.1, -0.05) is 6.92 Å². The molecule has 5 heteroatoms. The SMILES string of the molecule is CC1COC(C(=O)Oc2ccc(C#N)cc2)OC1. The van der Waals surface area contributed by atoms with E-state index < -0.39 is 12.3 Å². The molecule has 18 heavy (non-hydrogen) atoms. The van der Waals surface area contributed by atoms with Crippen molar-refractivity contribution in [1.29, 1.82) is 5.26 Å². The first kappa shape index (κ1) is 12.6. The lowest BCUT2D eigenvalue weighted by Crippen LogP contribution is -2.38.